The monoisotopic (exact) mass is 1880 g/mol. The second-order valence-electron chi connectivity index (χ2n) is 34.8. The fraction of sp³-hybridized carbons (Fsp3) is 0.591. The molecule has 16 atom stereocenters. The van der Waals surface area contributed by atoms with Crippen LogP contribution in [0.1, 0.15) is 181 Å². The normalized spacial score (nSPS) is 15.7. The highest BCUT2D eigenvalue weighted by Crippen LogP contribution is 2.27. The number of Topliss-reactive ketones (excluding diaryl/α,β-unsaturated/α-hetero) is 8. The summed E-state index contributed by atoms with van der Waals surface area (Å²) >= 11 is 0.949. The fourth-order valence-corrected chi connectivity index (χ4v) is 15.8. The second-order valence-corrected chi connectivity index (χ2v) is 35.7. The first-order valence-corrected chi connectivity index (χ1v) is 45.9. The molecule has 734 valence electrons. The molecule has 3 aromatic carbocycles. The van der Waals surface area contributed by atoms with Crippen molar-refractivity contribution in [2.45, 2.75) is 232 Å². The number of carbonyl (C=O) groups excluding carboxylic acids is 17. The molecule has 39 nitrogen and oxygen atoms in total. The number of phenolic OH excluding ortho intramolecular Hbond substituents is 2. The molecule has 40 heteroatoms. The summed E-state index contributed by atoms with van der Waals surface area (Å²) in [4.78, 5) is 275. The molecule has 1 fully saturated rings. The van der Waals surface area contributed by atoms with E-state index in [0.29, 0.717) is 50.0 Å². The van der Waals surface area contributed by atoms with Crippen molar-refractivity contribution in [2.75, 3.05) is 64.5 Å². The number of aromatic hydroxyl groups is 2. The number of rotatable bonds is 67. The summed E-state index contributed by atoms with van der Waals surface area (Å²) in [5.74, 6) is -31.5. The van der Waals surface area contributed by atoms with Crippen LogP contribution >= 0.6 is 11.8 Å². The summed E-state index contributed by atoms with van der Waals surface area (Å²) < 4.78 is 0. The number of nitrogens with one attached hydrogen (secondary N) is 7. The Morgan fingerprint density at radius 2 is 0.910 bits per heavy atom. The first kappa shape index (κ1) is 114. The maximum atomic E-state index is 14.9. The molecule has 0 aromatic heterocycles. The highest BCUT2D eigenvalue weighted by Gasteiger charge is 2.41. The van der Waals surface area contributed by atoms with Crippen molar-refractivity contribution in [3.05, 3.63) is 95.6 Å². The Kier molecular flexibility index (Phi) is 50.0. The number of phenols is 2. The molecule has 133 heavy (non-hydrogen) atoms. The van der Waals surface area contributed by atoms with Gasteiger partial charge in [0.2, 0.25) is 41.4 Å². The topological polar surface area (TPSA) is 640 Å². The van der Waals surface area contributed by atoms with Crippen LogP contribution in [0, 0.1) is 53.3 Å². The van der Waals surface area contributed by atoms with Gasteiger partial charge in [-0.1, -0.05) is 95.1 Å². The fourth-order valence-electron chi connectivity index (χ4n) is 15.0. The summed E-state index contributed by atoms with van der Waals surface area (Å²) in [7, 11) is 1.50. The zero-order chi connectivity index (χ0) is 99.5. The minimum atomic E-state index is -2.00. The van der Waals surface area contributed by atoms with Gasteiger partial charge in [0, 0.05) is 102 Å². The molecule has 0 saturated carbocycles. The minimum Gasteiger partial charge on any atom is -0.508 e. The number of aliphatic hydroxyl groups is 4. The van der Waals surface area contributed by atoms with Crippen LogP contribution in [0.25, 0.3) is 0 Å². The lowest BCUT2D eigenvalue weighted by Crippen LogP contribution is -2.52. The number of piperazine rings is 1. The summed E-state index contributed by atoms with van der Waals surface area (Å²) in [5.41, 5.74) is 6.76. The van der Waals surface area contributed by atoms with Crippen molar-refractivity contribution in [1.82, 2.24) is 47.0 Å². The van der Waals surface area contributed by atoms with Gasteiger partial charge >= 0.3 is 29.7 Å². The van der Waals surface area contributed by atoms with Crippen molar-refractivity contribution >= 4 is 129 Å². The molecule has 0 unspecified atom stereocenters. The van der Waals surface area contributed by atoms with E-state index < -0.39 is 298 Å². The number of likely N-dealkylation sites (N-methyl/N-ethyl adjacent to an activating group) is 1. The van der Waals surface area contributed by atoms with Gasteiger partial charge in [-0.25, -0.2) is 0 Å². The molecule has 9 amide bonds. The predicted molar refractivity (Wildman–Crippen MR) is 482 cm³/mol. The number of hydrogen-bond acceptors (Lipinski definition) is 28. The number of carboxylic acids is 3. The van der Waals surface area contributed by atoms with Gasteiger partial charge in [-0.05, 0) is 131 Å². The van der Waals surface area contributed by atoms with Gasteiger partial charge in [-0.3, -0.25) is 95.9 Å². The van der Waals surface area contributed by atoms with Crippen molar-refractivity contribution in [3.63, 3.8) is 0 Å². The zero-order valence-electron chi connectivity index (χ0n) is 76.6. The number of nitrogens with zero attached hydrogens (tertiary/aromatic N) is 2. The van der Waals surface area contributed by atoms with Crippen LogP contribution in [0.5, 0.6) is 11.5 Å². The Bertz CT molecular complexity index is 4470. The first-order valence-electron chi connectivity index (χ1n) is 44.7. The van der Waals surface area contributed by atoms with Crippen molar-refractivity contribution in [3.8, 4) is 11.5 Å². The molecule has 1 aliphatic rings. The van der Waals surface area contributed by atoms with E-state index in [-0.39, 0.29) is 91.8 Å². The number of carboxylic acid groups (broad SMARTS) is 3. The van der Waals surface area contributed by atoms with E-state index in [4.69, 9.17) is 5.73 Å². The van der Waals surface area contributed by atoms with E-state index in [9.17, 15) is 142 Å². The van der Waals surface area contributed by atoms with E-state index >= 15 is 0 Å². The van der Waals surface area contributed by atoms with E-state index in [1.54, 1.807) is 65.0 Å². The number of hydrogen-bond donors (Lipinski definition) is 17. The van der Waals surface area contributed by atoms with Crippen LogP contribution in [0.2, 0.25) is 0 Å². The molecule has 1 aliphatic heterocycles. The Morgan fingerprint density at radius 1 is 0.436 bits per heavy atom. The maximum Gasteiger partial charge on any atom is 0.312 e. The predicted octanol–water partition coefficient (Wildman–Crippen LogP) is 1.36. The summed E-state index contributed by atoms with van der Waals surface area (Å²) in [6.45, 7) is 8.94. The lowest BCUT2D eigenvalue weighted by Gasteiger charge is -2.31. The molecule has 0 spiro atoms. The third-order valence-corrected chi connectivity index (χ3v) is 24.2. The van der Waals surface area contributed by atoms with Gasteiger partial charge in [0.05, 0.1) is 110 Å². The summed E-state index contributed by atoms with van der Waals surface area (Å²) in [5, 5.41) is 111. The lowest BCUT2D eigenvalue weighted by molar-refractivity contribution is -0.155. The van der Waals surface area contributed by atoms with E-state index in [1.807, 2.05) is 0 Å². The molecule has 1 saturated heterocycles. The summed E-state index contributed by atoms with van der Waals surface area (Å²) in [6.07, 6.45) is -9.94. The van der Waals surface area contributed by atoms with Crippen LogP contribution in [-0.4, -0.2) is 286 Å². The minimum absolute atomic E-state index is 0.0232. The lowest BCUT2D eigenvalue weighted by atomic mass is 9.85. The van der Waals surface area contributed by atoms with Gasteiger partial charge in [0.15, 0.2) is 34.7 Å². The third kappa shape index (κ3) is 41.2. The number of amides is 9. The molecule has 0 aliphatic carbocycles. The van der Waals surface area contributed by atoms with E-state index in [2.05, 4.69) is 37.2 Å². The molecule has 0 bridgehead atoms. The first-order chi connectivity index (χ1) is 62.8. The number of aliphatic carboxylic acids is 3. The Balaban J connectivity index is 1.52. The van der Waals surface area contributed by atoms with Gasteiger partial charge < -0.3 is 98.7 Å². The Labute approximate surface area is 776 Å². The SMILES string of the molecule is CC[C@H](C)[C@H](NC(=O)[C@H](CO)CC(=O)[C@H](Cc1ccc(O)cc1)NC(=O)[C@H](CC(=O)O)CC(=O)[C@H](CO)NC(=O)[C@@H](CC(=O)[C@H](Cc1ccccc1)NC(=O)[C@@H](CC(=O)CNC(=O)[C@H](CCC(=O)O)CC(=O)CSCC(=O)CCCN1CCN(C)C(=O)C1=O)[C@@H](C)O)[C@@H](C)O)C(=O)C[C@@H](Cc1ccc(O)cc1)C(=O)N[C@@H](CC(C)C)C(=O)C[C@@H](CC(=O)O)C(=O)N[C@H](C)CCCCN. The van der Waals surface area contributed by atoms with Crippen LogP contribution in [-0.2, 0) is 115 Å². The number of ketones is 8. The number of thioether (sulfide) groups is 1. The van der Waals surface area contributed by atoms with E-state index in [0.717, 1.165) is 25.6 Å². The second kappa shape index (κ2) is 58.4. The van der Waals surface area contributed by atoms with Crippen molar-refractivity contribution in [2.24, 2.45) is 59.0 Å². The Hall–Kier alpha value is -11.6. The van der Waals surface area contributed by atoms with Crippen LogP contribution in [0.4, 0.5) is 0 Å². The highest BCUT2D eigenvalue weighted by atomic mass is 32.2. The average molecular weight is 1890 g/mol. The number of carbonyl (C=O) groups is 20. The molecular formula is C93H132N10O29S. The van der Waals surface area contributed by atoms with Gasteiger partial charge in [0.25, 0.3) is 0 Å². The summed E-state index contributed by atoms with van der Waals surface area (Å²) in [6, 6.07) is 10.4. The average Bonchev–Trinajstić information content (AvgIpc) is 0.845. The molecule has 18 N–H and O–H groups in total. The molecule has 1 heterocycles. The quantitative estimate of drug-likeness (QED) is 0.0280. The van der Waals surface area contributed by atoms with Gasteiger partial charge in [-0.2, -0.15) is 0 Å². The van der Waals surface area contributed by atoms with Crippen LogP contribution < -0.4 is 43.0 Å². The maximum absolute atomic E-state index is 14.9. The smallest absolute Gasteiger partial charge is 0.312 e. The molecular weight excluding hydrogens is 1750 g/mol. The van der Waals surface area contributed by atoms with Crippen molar-refractivity contribution in [1.29, 1.82) is 0 Å². The number of unbranched alkanes of at least 4 members (excludes halogenated alkanes) is 1. The van der Waals surface area contributed by atoms with Gasteiger partial charge in [0.1, 0.15) is 29.1 Å². The van der Waals surface area contributed by atoms with Crippen molar-refractivity contribution < 1.29 is 142 Å². The van der Waals surface area contributed by atoms with Crippen LogP contribution in [0.3, 0.4) is 0 Å². The zero-order valence-corrected chi connectivity index (χ0v) is 77.4. The molecule has 3 aromatic rings. The number of benzene rings is 3. The third-order valence-electron chi connectivity index (χ3n) is 23.1. The number of aliphatic hydroxyl groups excluding tert-OH is 4. The van der Waals surface area contributed by atoms with E-state index in [1.165, 1.54) is 65.4 Å². The molecule has 4 rings (SSSR count). The molecule has 0 radical (unpaired) electrons. The standard InChI is InChI=1S/C93H132N10O29S/c1-9-53(4)84(80(117)41-61(35-58-20-25-65(108)26-21-58)87(126)97-72(34-52(2)3)76(113)39-62(43-82(120)121)86(125)96-54(5)16-13-14-30-94)101-89(128)64(48-104)42-77(114)73(37-59-22-27-66(109)28-23-59)98-88(127)63(44-83(122)123)40-78(115)75(49-105)100-91(130)71(56(7)107)46-79(116)74(36-57-17-11-10-12-18-57)99-90(129)70(55(6)106)45-68(111)47-95-85(124)60(24-29-81(118)119)38-69(112)51-133-50-67(110)19-15-31-103-33-32-102(8)92(131)93(103)132/h10-12,17-18,20-23,25-28,52-56,60-64,70-75,84,104-109H,9,13-16,19,24,29-51,94H2,1-8H3,(H,95,124)(H,96,125)(H,97,126)(H,98,127)(H,99,129)(H,100,130)(H,101,128)(H,118,119)(H,120,121)(H,122,123)/t53-,54+,55+,56+,60+,61+,62-,63-,64-,70-,71-,72-,73-,74-,75-,84-/m0/s1. The highest BCUT2D eigenvalue weighted by molar-refractivity contribution is 8.00. The Morgan fingerprint density at radius 3 is 1.44 bits per heavy atom. The van der Waals surface area contributed by atoms with Crippen LogP contribution in [0.15, 0.2) is 78.9 Å². The number of nitrogens with two attached hydrogens (primary N) is 1. The van der Waals surface area contributed by atoms with Gasteiger partial charge in [-0.15, -0.1) is 11.8 Å². The largest absolute Gasteiger partial charge is 0.508 e.